The summed E-state index contributed by atoms with van der Waals surface area (Å²) >= 11 is 0. The van der Waals surface area contributed by atoms with E-state index in [-0.39, 0.29) is 6.04 Å². The van der Waals surface area contributed by atoms with Crippen LogP contribution < -0.4 is 14.8 Å². The summed E-state index contributed by atoms with van der Waals surface area (Å²) in [5.74, 6) is 2.90. The highest BCUT2D eigenvalue weighted by Gasteiger charge is 2.12. The number of aromatic nitrogens is 2. The molecule has 0 aliphatic rings. The van der Waals surface area contributed by atoms with Gasteiger partial charge in [-0.05, 0) is 19.9 Å². The fraction of sp³-hybridized carbons (Fsp3) is 0.467. The van der Waals surface area contributed by atoms with Crippen molar-refractivity contribution in [2.75, 3.05) is 20.8 Å². The van der Waals surface area contributed by atoms with Gasteiger partial charge in [0, 0.05) is 30.6 Å². The van der Waals surface area contributed by atoms with Gasteiger partial charge in [-0.25, -0.2) is 0 Å². The van der Waals surface area contributed by atoms with Gasteiger partial charge >= 0.3 is 0 Å². The molecule has 1 aromatic carbocycles. The van der Waals surface area contributed by atoms with Gasteiger partial charge in [-0.2, -0.15) is 4.98 Å². The first-order valence-corrected chi connectivity index (χ1v) is 6.88. The van der Waals surface area contributed by atoms with E-state index in [1.165, 1.54) is 0 Å². The van der Waals surface area contributed by atoms with E-state index < -0.39 is 0 Å². The van der Waals surface area contributed by atoms with Crippen LogP contribution in [-0.2, 0) is 6.42 Å². The van der Waals surface area contributed by atoms with Gasteiger partial charge in [0.15, 0.2) is 5.82 Å². The molecule has 1 atom stereocenters. The summed E-state index contributed by atoms with van der Waals surface area (Å²) in [7, 11) is 3.30. The predicted octanol–water partition coefficient (Wildman–Crippen LogP) is 2.29. The minimum Gasteiger partial charge on any atom is -0.497 e. The number of rotatable bonds is 7. The van der Waals surface area contributed by atoms with E-state index in [4.69, 9.17) is 14.0 Å². The molecule has 1 heterocycles. The van der Waals surface area contributed by atoms with Crippen LogP contribution in [-0.4, -0.2) is 30.9 Å². The SMILES string of the molecule is COc1ccc(C(C)NCCc2nc(C)no2)c(OC)c1. The summed E-state index contributed by atoms with van der Waals surface area (Å²) in [5, 5.41) is 7.19. The molecule has 1 aromatic heterocycles. The molecular weight excluding hydrogens is 270 g/mol. The van der Waals surface area contributed by atoms with Crippen molar-refractivity contribution in [3.63, 3.8) is 0 Å². The largest absolute Gasteiger partial charge is 0.497 e. The van der Waals surface area contributed by atoms with Crippen molar-refractivity contribution in [1.29, 1.82) is 0 Å². The molecule has 0 fully saturated rings. The molecule has 0 amide bonds. The van der Waals surface area contributed by atoms with Crippen LogP contribution in [0.4, 0.5) is 0 Å². The van der Waals surface area contributed by atoms with E-state index >= 15 is 0 Å². The van der Waals surface area contributed by atoms with Gasteiger partial charge in [-0.3, -0.25) is 0 Å². The first kappa shape index (κ1) is 15.3. The van der Waals surface area contributed by atoms with Gasteiger partial charge in [0.25, 0.3) is 0 Å². The van der Waals surface area contributed by atoms with E-state index in [0.29, 0.717) is 18.1 Å². The van der Waals surface area contributed by atoms with E-state index in [9.17, 15) is 0 Å². The average Bonchev–Trinajstić information content (AvgIpc) is 2.91. The lowest BCUT2D eigenvalue weighted by atomic mass is 10.1. The number of benzene rings is 1. The van der Waals surface area contributed by atoms with Gasteiger partial charge in [-0.15, -0.1) is 0 Å². The van der Waals surface area contributed by atoms with Crippen molar-refractivity contribution >= 4 is 0 Å². The van der Waals surface area contributed by atoms with Crippen molar-refractivity contribution in [3.05, 3.63) is 35.5 Å². The third-order valence-corrected chi connectivity index (χ3v) is 3.27. The van der Waals surface area contributed by atoms with Crippen molar-refractivity contribution in [2.45, 2.75) is 26.3 Å². The number of hydrogen-bond donors (Lipinski definition) is 1. The molecular formula is C15H21N3O3. The average molecular weight is 291 g/mol. The van der Waals surface area contributed by atoms with Crippen molar-refractivity contribution < 1.29 is 14.0 Å². The number of aryl methyl sites for hydroxylation is 1. The molecule has 114 valence electrons. The first-order valence-electron chi connectivity index (χ1n) is 6.88. The number of hydrogen-bond acceptors (Lipinski definition) is 6. The molecule has 1 unspecified atom stereocenters. The maximum atomic E-state index is 5.42. The van der Waals surface area contributed by atoms with Crippen LogP contribution in [0, 0.1) is 6.92 Å². The summed E-state index contributed by atoms with van der Waals surface area (Å²) in [6, 6.07) is 5.97. The molecule has 2 rings (SSSR count). The molecule has 0 bridgehead atoms. The predicted molar refractivity (Wildman–Crippen MR) is 78.7 cm³/mol. The quantitative estimate of drug-likeness (QED) is 0.844. The molecule has 1 N–H and O–H groups in total. The van der Waals surface area contributed by atoms with Crippen LogP contribution in [0.5, 0.6) is 11.5 Å². The Morgan fingerprint density at radius 1 is 1.29 bits per heavy atom. The van der Waals surface area contributed by atoms with Crippen LogP contribution >= 0.6 is 0 Å². The first-order chi connectivity index (χ1) is 10.1. The van der Waals surface area contributed by atoms with E-state index in [1.54, 1.807) is 14.2 Å². The van der Waals surface area contributed by atoms with Gasteiger partial charge in [0.05, 0.1) is 14.2 Å². The fourth-order valence-corrected chi connectivity index (χ4v) is 2.12. The van der Waals surface area contributed by atoms with Crippen molar-refractivity contribution in [2.24, 2.45) is 0 Å². The highest BCUT2D eigenvalue weighted by molar-refractivity contribution is 5.42. The fourth-order valence-electron chi connectivity index (χ4n) is 2.12. The van der Waals surface area contributed by atoms with Crippen molar-refractivity contribution in [3.8, 4) is 11.5 Å². The van der Waals surface area contributed by atoms with Gasteiger partial charge < -0.3 is 19.3 Å². The maximum Gasteiger partial charge on any atom is 0.227 e. The zero-order chi connectivity index (χ0) is 15.2. The minimum absolute atomic E-state index is 0.148. The highest BCUT2D eigenvalue weighted by atomic mass is 16.5. The van der Waals surface area contributed by atoms with Crippen LogP contribution in [0.3, 0.4) is 0 Å². The Morgan fingerprint density at radius 2 is 2.10 bits per heavy atom. The summed E-state index contributed by atoms with van der Waals surface area (Å²) in [6.45, 7) is 4.65. The van der Waals surface area contributed by atoms with Gasteiger partial charge in [-0.1, -0.05) is 11.2 Å². The number of methoxy groups -OCH3 is 2. The lowest BCUT2D eigenvalue weighted by Gasteiger charge is -2.17. The Bertz CT molecular complexity index is 583. The number of nitrogens with zero attached hydrogens (tertiary/aromatic N) is 2. The maximum absolute atomic E-state index is 5.42. The molecule has 0 aliphatic heterocycles. The van der Waals surface area contributed by atoms with Crippen LogP contribution in [0.2, 0.25) is 0 Å². The second kappa shape index (κ2) is 7.08. The molecule has 0 saturated heterocycles. The standard InChI is InChI=1S/C15H21N3O3/c1-10(16-8-7-15-17-11(2)18-21-15)13-6-5-12(19-3)9-14(13)20-4/h5-6,9-10,16H,7-8H2,1-4H3. The number of nitrogens with one attached hydrogen (secondary N) is 1. The smallest absolute Gasteiger partial charge is 0.227 e. The Morgan fingerprint density at radius 3 is 2.71 bits per heavy atom. The van der Waals surface area contributed by atoms with Crippen molar-refractivity contribution in [1.82, 2.24) is 15.5 Å². The zero-order valence-electron chi connectivity index (χ0n) is 12.8. The van der Waals surface area contributed by atoms with Gasteiger partial charge in [0.2, 0.25) is 5.89 Å². The highest BCUT2D eigenvalue weighted by Crippen LogP contribution is 2.29. The Hall–Kier alpha value is -2.08. The summed E-state index contributed by atoms with van der Waals surface area (Å²) in [5.41, 5.74) is 1.08. The third kappa shape index (κ3) is 3.95. The normalized spacial score (nSPS) is 12.2. The number of ether oxygens (including phenoxy) is 2. The summed E-state index contributed by atoms with van der Waals surface area (Å²) in [4.78, 5) is 4.18. The minimum atomic E-state index is 0.148. The Kier molecular flexibility index (Phi) is 5.16. The van der Waals surface area contributed by atoms with E-state index in [0.717, 1.165) is 23.6 Å². The lowest BCUT2D eigenvalue weighted by Crippen LogP contribution is -2.22. The van der Waals surface area contributed by atoms with Crippen LogP contribution in [0.15, 0.2) is 22.7 Å². The lowest BCUT2D eigenvalue weighted by molar-refractivity contribution is 0.367. The molecule has 0 saturated carbocycles. The van der Waals surface area contributed by atoms with E-state index in [2.05, 4.69) is 22.4 Å². The second-order valence-electron chi connectivity index (χ2n) is 4.77. The molecule has 2 aromatic rings. The topological polar surface area (TPSA) is 69.4 Å². The molecule has 21 heavy (non-hydrogen) atoms. The molecule has 6 heteroatoms. The summed E-state index contributed by atoms with van der Waals surface area (Å²) in [6.07, 6.45) is 0.698. The van der Waals surface area contributed by atoms with E-state index in [1.807, 2.05) is 25.1 Å². The van der Waals surface area contributed by atoms with Gasteiger partial charge in [0.1, 0.15) is 11.5 Å². The Balaban J connectivity index is 1.94. The summed E-state index contributed by atoms with van der Waals surface area (Å²) < 4.78 is 15.7. The molecule has 6 nitrogen and oxygen atoms in total. The monoisotopic (exact) mass is 291 g/mol. The second-order valence-corrected chi connectivity index (χ2v) is 4.77. The third-order valence-electron chi connectivity index (χ3n) is 3.27. The molecule has 0 aliphatic carbocycles. The molecule has 0 spiro atoms. The van der Waals surface area contributed by atoms with Crippen LogP contribution in [0.25, 0.3) is 0 Å². The van der Waals surface area contributed by atoms with Crippen LogP contribution in [0.1, 0.15) is 30.2 Å². The zero-order valence-corrected chi connectivity index (χ0v) is 12.8. The molecule has 0 radical (unpaired) electrons. The Labute approximate surface area is 124 Å².